The lowest BCUT2D eigenvalue weighted by Gasteiger charge is -2.34. The largest absolute Gasteiger partial charge is 0.260 e. The van der Waals surface area contributed by atoms with Gasteiger partial charge in [0, 0.05) is 12.4 Å². The molecule has 2 nitrogen and oxygen atoms in total. The molecule has 0 N–H and O–H groups in total. The summed E-state index contributed by atoms with van der Waals surface area (Å²) in [4.78, 5) is 10.8. The highest BCUT2D eigenvalue weighted by Crippen LogP contribution is 2.61. The number of nitrogens with zero attached hydrogens (tertiary/aromatic N) is 2. The average Bonchev–Trinajstić information content (AvgIpc) is 4.29. The van der Waals surface area contributed by atoms with E-state index < -0.39 is 10.8 Å². The Bertz CT molecular complexity index is 3570. The Balaban J connectivity index is 0.988. The summed E-state index contributed by atoms with van der Waals surface area (Å²) in [5, 5.41) is 0. The summed E-state index contributed by atoms with van der Waals surface area (Å²) in [5.41, 5.74) is 26.9. The minimum Gasteiger partial charge on any atom is -0.260 e. The lowest BCUT2D eigenvalue weighted by Crippen LogP contribution is -2.30. The topological polar surface area (TPSA) is 25.8 Å². The number of pyridine rings is 2. The van der Waals surface area contributed by atoms with Crippen LogP contribution < -0.4 is 0 Å². The van der Waals surface area contributed by atoms with Gasteiger partial charge in [0.2, 0.25) is 0 Å². The first-order valence-corrected chi connectivity index (χ1v) is 28.1. The molecule has 0 unspecified atom stereocenters. The van der Waals surface area contributed by atoms with Crippen LogP contribution in [0.2, 0.25) is 0 Å². The molecule has 2 heteroatoms. The van der Waals surface area contributed by atoms with Crippen LogP contribution in [0.5, 0.6) is 0 Å². The van der Waals surface area contributed by atoms with Crippen LogP contribution in [0.1, 0.15) is 164 Å². The summed E-state index contributed by atoms with van der Waals surface area (Å²) >= 11 is 0. The van der Waals surface area contributed by atoms with Gasteiger partial charge in [-0.25, -0.2) is 0 Å². The fraction of sp³-hybridized carbons (Fsp3) is 0.189. The second kappa shape index (κ2) is 17.2. The van der Waals surface area contributed by atoms with Crippen molar-refractivity contribution in [2.24, 2.45) is 0 Å². The fourth-order valence-electron chi connectivity index (χ4n) is 14.0. The van der Waals surface area contributed by atoms with Gasteiger partial charge in [0.25, 0.3) is 0 Å². The van der Waals surface area contributed by atoms with E-state index in [1.807, 2.05) is 12.4 Å². The number of aromatic nitrogens is 2. The Kier molecular flexibility index (Phi) is 9.97. The third-order valence-electron chi connectivity index (χ3n) is 18.2. The summed E-state index contributed by atoms with van der Waals surface area (Å²) in [6.45, 7) is 0. The Morgan fingerprint density at radius 3 is 0.921 bits per heavy atom. The number of benzene rings is 8. The van der Waals surface area contributed by atoms with Gasteiger partial charge < -0.3 is 0 Å². The molecule has 4 saturated carbocycles. The first kappa shape index (κ1) is 44.1. The van der Waals surface area contributed by atoms with Crippen molar-refractivity contribution in [3.05, 3.63) is 320 Å². The molecular weight excluding hydrogens is 917 g/mol. The Labute approximate surface area is 446 Å². The monoisotopic (exact) mass is 974 g/mol. The first-order valence-electron chi connectivity index (χ1n) is 28.1. The molecule has 4 fully saturated rings. The molecule has 0 aliphatic heterocycles. The molecule has 76 heavy (non-hydrogen) atoms. The summed E-state index contributed by atoms with van der Waals surface area (Å²) in [5.74, 6) is 2.44. The summed E-state index contributed by atoms with van der Waals surface area (Å²) < 4.78 is 0. The van der Waals surface area contributed by atoms with E-state index in [2.05, 4.69) is 218 Å². The standard InChI is InChI=1S/C74H58N2/c1-3-13-51(14-4-1)71(52-15-5-2-6-16-52)72(57-17-11-19-59(41-57)73(69-21-7-9-39-75-69)65-43-53(47-23-24-47)31-35-61(65)62-36-32-54(44-66(62)73)48-25-26-48)58-18-12-20-60(42-58)74(70-22-8-10-40-76-70)67-45-55(49-27-28-49)33-37-63(67)64-38-34-56(46-68(64)74)50-29-30-50/h1-22,31-50H,23-30H2. The van der Waals surface area contributed by atoms with Crippen molar-refractivity contribution >= 4 is 11.1 Å². The molecule has 364 valence electrons. The van der Waals surface area contributed by atoms with Gasteiger partial charge in [0.15, 0.2) is 0 Å². The summed E-state index contributed by atoms with van der Waals surface area (Å²) in [6, 6.07) is 84.4. The number of rotatable bonds is 12. The van der Waals surface area contributed by atoms with Crippen LogP contribution in [0.25, 0.3) is 33.4 Å². The maximum Gasteiger partial charge on any atom is 0.0886 e. The highest BCUT2D eigenvalue weighted by atomic mass is 14.7. The molecule has 8 aromatic carbocycles. The second-order valence-electron chi connectivity index (χ2n) is 22.9. The summed E-state index contributed by atoms with van der Waals surface area (Å²) in [6.07, 6.45) is 14.0. The zero-order chi connectivity index (χ0) is 50.0. The van der Waals surface area contributed by atoms with E-state index in [-0.39, 0.29) is 0 Å². The van der Waals surface area contributed by atoms with Crippen molar-refractivity contribution in [2.45, 2.75) is 85.9 Å². The SMILES string of the molecule is c1ccc(C(=C(c2cccc(C3(c4ccccn4)c4cc(C5CC5)ccc4-c4ccc(C5CC5)cc43)c2)c2cccc(C3(c4ccccn4)c4cc(C5CC5)ccc4-c4ccc(C5CC5)cc43)c2)c2ccccc2)cc1. The van der Waals surface area contributed by atoms with E-state index in [0.29, 0.717) is 23.7 Å². The van der Waals surface area contributed by atoms with Crippen molar-refractivity contribution in [2.75, 3.05) is 0 Å². The molecule has 0 atom stereocenters. The Hall–Kier alpha value is -8.20. The molecule has 2 aromatic heterocycles. The van der Waals surface area contributed by atoms with Crippen molar-refractivity contribution < 1.29 is 0 Å². The van der Waals surface area contributed by atoms with Crippen molar-refractivity contribution in [3.63, 3.8) is 0 Å². The van der Waals surface area contributed by atoms with E-state index in [4.69, 9.17) is 9.97 Å². The van der Waals surface area contributed by atoms with Gasteiger partial charge in [0.05, 0.1) is 22.2 Å². The third-order valence-corrected chi connectivity index (χ3v) is 18.2. The molecule has 0 amide bonds. The maximum atomic E-state index is 5.40. The molecule has 10 aromatic rings. The van der Waals surface area contributed by atoms with Crippen LogP contribution in [-0.2, 0) is 10.8 Å². The predicted molar refractivity (Wildman–Crippen MR) is 309 cm³/mol. The molecule has 2 heterocycles. The quantitative estimate of drug-likeness (QED) is 0.114. The van der Waals surface area contributed by atoms with Crippen LogP contribution in [0, 0.1) is 0 Å². The van der Waals surface area contributed by atoms with E-state index in [1.165, 1.54) is 163 Å². The third kappa shape index (κ3) is 6.92. The minimum atomic E-state index is -0.650. The van der Waals surface area contributed by atoms with E-state index in [0.717, 1.165) is 11.4 Å². The average molecular weight is 975 g/mol. The van der Waals surface area contributed by atoms with Crippen LogP contribution in [-0.4, -0.2) is 9.97 Å². The van der Waals surface area contributed by atoms with Crippen molar-refractivity contribution in [1.82, 2.24) is 9.97 Å². The van der Waals surface area contributed by atoms with Crippen molar-refractivity contribution in [1.29, 1.82) is 0 Å². The van der Waals surface area contributed by atoms with Gasteiger partial charge in [-0.3, -0.25) is 9.97 Å². The molecule has 0 saturated heterocycles. The second-order valence-corrected chi connectivity index (χ2v) is 22.9. The Morgan fingerprint density at radius 2 is 0.605 bits per heavy atom. The van der Waals surface area contributed by atoms with Gasteiger partial charge in [-0.15, -0.1) is 0 Å². The molecular formula is C74H58N2. The van der Waals surface area contributed by atoms with Crippen LogP contribution in [0.4, 0.5) is 0 Å². The van der Waals surface area contributed by atoms with Crippen LogP contribution in [0.15, 0.2) is 231 Å². The van der Waals surface area contributed by atoms with Gasteiger partial charge in [0.1, 0.15) is 0 Å². The zero-order valence-corrected chi connectivity index (χ0v) is 42.8. The number of hydrogen-bond acceptors (Lipinski definition) is 2. The smallest absolute Gasteiger partial charge is 0.0886 e. The number of fused-ring (bicyclic) bond motifs is 6. The van der Waals surface area contributed by atoms with E-state index in [9.17, 15) is 0 Å². The van der Waals surface area contributed by atoms with Crippen LogP contribution >= 0.6 is 0 Å². The minimum absolute atomic E-state index is 0.610. The highest BCUT2D eigenvalue weighted by Gasteiger charge is 2.50. The lowest BCUT2D eigenvalue weighted by atomic mass is 9.68. The molecule has 6 aliphatic rings. The van der Waals surface area contributed by atoms with Crippen molar-refractivity contribution in [3.8, 4) is 22.3 Å². The molecule has 0 bridgehead atoms. The van der Waals surface area contributed by atoms with Gasteiger partial charge >= 0.3 is 0 Å². The summed E-state index contributed by atoms with van der Waals surface area (Å²) in [7, 11) is 0. The van der Waals surface area contributed by atoms with Gasteiger partial charge in [-0.2, -0.15) is 0 Å². The molecule has 0 spiro atoms. The molecule has 6 aliphatic carbocycles. The highest BCUT2D eigenvalue weighted by molar-refractivity contribution is 6.05. The normalized spacial score (nSPS) is 17.3. The fourth-order valence-corrected chi connectivity index (χ4v) is 14.0. The van der Waals surface area contributed by atoms with Gasteiger partial charge in [-0.05, 0) is 223 Å². The van der Waals surface area contributed by atoms with Crippen LogP contribution in [0.3, 0.4) is 0 Å². The van der Waals surface area contributed by atoms with Gasteiger partial charge in [-0.1, -0.05) is 182 Å². The maximum absolute atomic E-state index is 5.40. The van der Waals surface area contributed by atoms with E-state index in [1.54, 1.807) is 0 Å². The first-order chi connectivity index (χ1) is 37.6. The lowest BCUT2D eigenvalue weighted by molar-refractivity contribution is 0.730. The molecule has 16 rings (SSSR count). The Morgan fingerprint density at radius 1 is 0.289 bits per heavy atom. The number of hydrogen-bond donors (Lipinski definition) is 0. The van der Waals surface area contributed by atoms with E-state index >= 15 is 0 Å². The zero-order valence-electron chi connectivity index (χ0n) is 42.8. The predicted octanol–water partition coefficient (Wildman–Crippen LogP) is 17.7. The molecule has 0 radical (unpaired) electrons.